The van der Waals surface area contributed by atoms with E-state index in [2.05, 4.69) is 72.0 Å². The molecule has 0 aliphatic rings. The third kappa shape index (κ3) is 1.82. The molecule has 2 aromatic rings. The molecule has 2 rings (SSSR count). The van der Waals surface area contributed by atoms with Crippen LogP contribution in [0.25, 0.3) is 10.1 Å². The largest absolute Gasteiger partial charge is 0.141 e. The summed E-state index contributed by atoms with van der Waals surface area (Å²) >= 11 is 11.2. The average molecular weight is 432 g/mol. The second kappa shape index (κ2) is 4.16. The Hall–Kier alpha value is 0.870. The molecule has 0 N–H and O–H groups in total. The maximum Gasteiger partial charge on any atom is 0.0491 e. The number of alkyl halides is 1. The van der Waals surface area contributed by atoms with Crippen LogP contribution in [0, 0.1) is 3.57 Å². The van der Waals surface area contributed by atoms with E-state index in [4.69, 9.17) is 0 Å². The summed E-state index contributed by atoms with van der Waals surface area (Å²) in [4.78, 5) is 0. The number of halogens is 3. The van der Waals surface area contributed by atoms with E-state index in [1.807, 2.05) is 0 Å². The van der Waals surface area contributed by atoms with Gasteiger partial charge in [0.15, 0.2) is 0 Å². The second-order valence-electron chi connectivity index (χ2n) is 2.63. The summed E-state index contributed by atoms with van der Waals surface area (Å²) in [6.07, 6.45) is 0. The molecule has 13 heavy (non-hydrogen) atoms. The van der Waals surface area contributed by atoms with Crippen molar-refractivity contribution >= 4 is 75.9 Å². The average Bonchev–Trinajstić information content (AvgIpc) is 2.50. The lowest BCUT2D eigenvalue weighted by Crippen LogP contribution is -1.82. The highest BCUT2D eigenvalue weighted by atomic mass is 127. The van der Waals surface area contributed by atoms with Crippen molar-refractivity contribution in [2.75, 3.05) is 0 Å². The molecule has 0 atom stereocenters. The SMILES string of the molecule is BrCc1ccc2c(Br)csc2c1I. The quantitative estimate of drug-likeness (QED) is 0.432. The maximum absolute atomic E-state index is 3.54. The molecule has 1 aromatic heterocycles. The summed E-state index contributed by atoms with van der Waals surface area (Å²) in [6.45, 7) is 0. The van der Waals surface area contributed by atoms with Gasteiger partial charge in [0.1, 0.15) is 0 Å². The molecule has 1 aromatic carbocycles. The molecular formula is C9H5Br2IS. The highest BCUT2D eigenvalue weighted by Crippen LogP contribution is 2.35. The summed E-state index contributed by atoms with van der Waals surface area (Å²) in [6, 6.07) is 4.35. The Kier molecular flexibility index (Phi) is 3.33. The highest BCUT2D eigenvalue weighted by molar-refractivity contribution is 14.1. The van der Waals surface area contributed by atoms with Gasteiger partial charge in [0.25, 0.3) is 0 Å². The van der Waals surface area contributed by atoms with Gasteiger partial charge in [0.05, 0.1) is 0 Å². The van der Waals surface area contributed by atoms with Crippen molar-refractivity contribution in [2.24, 2.45) is 0 Å². The van der Waals surface area contributed by atoms with Crippen molar-refractivity contribution in [2.45, 2.75) is 5.33 Å². The van der Waals surface area contributed by atoms with Crippen molar-refractivity contribution in [3.8, 4) is 0 Å². The van der Waals surface area contributed by atoms with Crippen molar-refractivity contribution in [1.82, 2.24) is 0 Å². The number of benzene rings is 1. The third-order valence-corrected chi connectivity index (χ3v) is 6.03. The summed E-state index contributed by atoms with van der Waals surface area (Å²) in [5.41, 5.74) is 1.36. The lowest BCUT2D eigenvalue weighted by molar-refractivity contribution is 1.44. The van der Waals surface area contributed by atoms with Crippen molar-refractivity contribution in [3.63, 3.8) is 0 Å². The first-order valence-electron chi connectivity index (χ1n) is 3.64. The lowest BCUT2D eigenvalue weighted by Gasteiger charge is -2.01. The predicted molar refractivity (Wildman–Crippen MR) is 74.9 cm³/mol. The zero-order valence-corrected chi connectivity index (χ0v) is 12.6. The van der Waals surface area contributed by atoms with E-state index in [0.29, 0.717) is 0 Å². The highest BCUT2D eigenvalue weighted by Gasteiger charge is 2.07. The molecule has 0 amide bonds. The van der Waals surface area contributed by atoms with Crippen LogP contribution in [0.1, 0.15) is 5.56 Å². The monoisotopic (exact) mass is 430 g/mol. The van der Waals surface area contributed by atoms with Gasteiger partial charge in [0.2, 0.25) is 0 Å². The molecule has 0 radical (unpaired) electrons. The molecule has 0 aliphatic carbocycles. The van der Waals surface area contributed by atoms with Crippen molar-refractivity contribution in [1.29, 1.82) is 0 Å². The van der Waals surface area contributed by atoms with Crippen LogP contribution in [0.3, 0.4) is 0 Å². The van der Waals surface area contributed by atoms with E-state index in [1.165, 1.54) is 23.7 Å². The molecule has 1 heterocycles. The Morgan fingerprint density at radius 3 is 2.85 bits per heavy atom. The number of fused-ring (bicyclic) bond motifs is 1. The fourth-order valence-corrected chi connectivity index (χ4v) is 4.84. The number of rotatable bonds is 1. The van der Waals surface area contributed by atoms with Gasteiger partial charge in [-0.3, -0.25) is 0 Å². The van der Waals surface area contributed by atoms with Crippen LogP contribution in [-0.2, 0) is 5.33 Å². The van der Waals surface area contributed by atoms with Crippen molar-refractivity contribution < 1.29 is 0 Å². The van der Waals surface area contributed by atoms with Gasteiger partial charge in [-0.05, 0) is 44.1 Å². The van der Waals surface area contributed by atoms with E-state index in [0.717, 1.165) is 5.33 Å². The lowest BCUT2D eigenvalue weighted by atomic mass is 10.2. The Morgan fingerprint density at radius 1 is 1.38 bits per heavy atom. The Balaban J connectivity index is 2.80. The molecule has 0 saturated carbocycles. The number of thiophene rings is 1. The minimum Gasteiger partial charge on any atom is -0.141 e. The zero-order valence-electron chi connectivity index (χ0n) is 6.48. The molecule has 0 saturated heterocycles. The van der Waals surface area contributed by atoms with Gasteiger partial charge >= 0.3 is 0 Å². The van der Waals surface area contributed by atoms with Gasteiger partial charge in [-0.15, -0.1) is 11.3 Å². The Morgan fingerprint density at radius 2 is 2.15 bits per heavy atom. The molecule has 4 heteroatoms. The third-order valence-electron chi connectivity index (χ3n) is 1.86. The maximum atomic E-state index is 3.54. The van der Waals surface area contributed by atoms with E-state index < -0.39 is 0 Å². The number of hydrogen-bond donors (Lipinski definition) is 0. The Bertz CT molecular complexity index is 450. The normalized spacial score (nSPS) is 11.0. The van der Waals surface area contributed by atoms with Crippen LogP contribution < -0.4 is 0 Å². The van der Waals surface area contributed by atoms with Crippen molar-refractivity contribution in [3.05, 3.63) is 31.1 Å². The molecule has 0 unspecified atom stereocenters. The van der Waals surface area contributed by atoms with Gasteiger partial charge in [-0.1, -0.05) is 28.1 Å². The molecular weight excluding hydrogens is 427 g/mol. The first-order valence-corrected chi connectivity index (χ1v) is 7.51. The smallest absolute Gasteiger partial charge is 0.0491 e. The van der Waals surface area contributed by atoms with Crippen LogP contribution in [0.5, 0.6) is 0 Å². The molecule has 0 spiro atoms. The van der Waals surface area contributed by atoms with E-state index in [-0.39, 0.29) is 0 Å². The van der Waals surface area contributed by atoms with Gasteiger partial charge in [0, 0.05) is 28.8 Å². The first-order chi connectivity index (χ1) is 6.24. The molecule has 0 nitrogen and oxygen atoms in total. The van der Waals surface area contributed by atoms with Gasteiger partial charge in [-0.25, -0.2) is 0 Å². The minimum atomic E-state index is 0.927. The summed E-state index contributed by atoms with van der Waals surface area (Å²) in [5.74, 6) is 0. The molecule has 0 bridgehead atoms. The van der Waals surface area contributed by atoms with Crippen LogP contribution >= 0.6 is 65.8 Å². The molecule has 0 aliphatic heterocycles. The van der Waals surface area contributed by atoms with E-state index in [9.17, 15) is 0 Å². The van der Waals surface area contributed by atoms with Crippen LogP contribution in [0.15, 0.2) is 22.0 Å². The van der Waals surface area contributed by atoms with Crippen LogP contribution in [-0.4, -0.2) is 0 Å². The van der Waals surface area contributed by atoms with Gasteiger partial charge in [-0.2, -0.15) is 0 Å². The Labute approximate surface area is 111 Å². The first kappa shape index (κ1) is 10.4. The fraction of sp³-hybridized carbons (Fsp3) is 0.111. The molecule has 68 valence electrons. The standard InChI is InChI=1S/C9H5Br2IS/c10-3-5-1-2-6-7(11)4-13-9(6)8(5)12/h1-2,4H,3H2. The predicted octanol–water partition coefficient (Wildman–Crippen LogP) is 5.16. The summed E-state index contributed by atoms with van der Waals surface area (Å²) < 4.78 is 3.94. The zero-order chi connectivity index (χ0) is 9.42. The topological polar surface area (TPSA) is 0 Å². The van der Waals surface area contributed by atoms with E-state index >= 15 is 0 Å². The number of hydrogen-bond acceptors (Lipinski definition) is 1. The minimum absolute atomic E-state index is 0.927. The summed E-state index contributed by atoms with van der Waals surface area (Å²) in [5, 5.41) is 4.39. The summed E-state index contributed by atoms with van der Waals surface area (Å²) in [7, 11) is 0. The second-order valence-corrected chi connectivity index (χ2v) is 6.01. The van der Waals surface area contributed by atoms with Crippen LogP contribution in [0.4, 0.5) is 0 Å². The van der Waals surface area contributed by atoms with Gasteiger partial charge < -0.3 is 0 Å². The van der Waals surface area contributed by atoms with E-state index in [1.54, 1.807) is 11.3 Å². The molecule has 0 fully saturated rings. The fourth-order valence-electron chi connectivity index (χ4n) is 1.18. The van der Waals surface area contributed by atoms with Crippen LogP contribution in [0.2, 0.25) is 0 Å².